The SMILES string of the molecule is CC(=O)N1C2CCC(C3CNN(CCO)C3)CC2N(C(=O)Oc2ccc(F)cc2)C[C@@H]1C. The minimum absolute atomic E-state index is 0.0313. The number of halogens is 1. The summed E-state index contributed by atoms with van der Waals surface area (Å²) in [6.07, 6.45) is 2.20. The molecular weight excluding hydrogens is 415 g/mol. The van der Waals surface area contributed by atoms with Crippen molar-refractivity contribution in [3.63, 3.8) is 0 Å². The number of carbonyl (C=O) groups is 2. The lowest BCUT2D eigenvalue weighted by Crippen LogP contribution is -2.67. The molecule has 5 atom stereocenters. The van der Waals surface area contributed by atoms with Gasteiger partial charge in [0.2, 0.25) is 5.91 Å². The number of rotatable bonds is 4. The molecule has 8 nitrogen and oxygen atoms in total. The summed E-state index contributed by atoms with van der Waals surface area (Å²) in [7, 11) is 0. The van der Waals surface area contributed by atoms with E-state index in [9.17, 15) is 19.1 Å². The van der Waals surface area contributed by atoms with E-state index in [2.05, 4.69) is 10.4 Å². The Morgan fingerprint density at radius 1 is 1.16 bits per heavy atom. The van der Waals surface area contributed by atoms with Crippen LogP contribution in [0.25, 0.3) is 0 Å². The fourth-order valence-electron chi connectivity index (χ4n) is 5.77. The Labute approximate surface area is 188 Å². The monoisotopic (exact) mass is 448 g/mol. The van der Waals surface area contributed by atoms with Crippen LogP contribution in [0.1, 0.15) is 33.1 Å². The molecule has 4 unspecified atom stereocenters. The van der Waals surface area contributed by atoms with Crippen molar-refractivity contribution in [2.45, 2.75) is 51.2 Å². The molecule has 4 rings (SSSR count). The molecule has 3 fully saturated rings. The van der Waals surface area contributed by atoms with E-state index in [4.69, 9.17) is 4.74 Å². The van der Waals surface area contributed by atoms with Crippen LogP contribution in [0.15, 0.2) is 24.3 Å². The van der Waals surface area contributed by atoms with Crippen LogP contribution in [0.3, 0.4) is 0 Å². The van der Waals surface area contributed by atoms with Gasteiger partial charge in [-0.25, -0.2) is 14.2 Å². The Balaban J connectivity index is 1.51. The van der Waals surface area contributed by atoms with E-state index in [0.717, 1.165) is 32.4 Å². The number of hydrogen-bond donors (Lipinski definition) is 2. The zero-order chi connectivity index (χ0) is 22.8. The van der Waals surface area contributed by atoms with Crippen LogP contribution in [0, 0.1) is 17.7 Å². The normalized spacial score (nSPS) is 30.8. The van der Waals surface area contributed by atoms with Crippen LogP contribution in [0.2, 0.25) is 0 Å². The number of hydrogen-bond acceptors (Lipinski definition) is 6. The molecule has 1 aliphatic carbocycles. The molecule has 0 bridgehead atoms. The second-order valence-corrected chi connectivity index (χ2v) is 9.25. The number of β-amino-alcohol motifs (C(OH)–C–C–N with tert-alkyl or cyclic N) is 1. The molecule has 2 heterocycles. The number of carbonyl (C=O) groups excluding carboxylic acids is 2. The molecule has 0 aromatic heterocycles. The molecule has 9 heteroatoms. The van der Waals surface area contributed by atoms with Gasteiger partial charge in [0, 0.05) is 39.1 Å². The number of amides is 2. The largest absolute Gasteiger partial charge is 0.415 e. The van der Waals surface area contributed by atoms with Crippen molar-refractivity contribution >= 4 is 12.0 Å². The molecule has 0 radical (unpaired) electrons. The Kier molecular flexibility index (Phi) is 6.97. The van der Waals surface area contributed by atoms with Crippen molar-refractivity contribution < 1.29 is 23.8 Å². The molecule has 1 aromatic rings. The zero-order valence-electron chi connectivity index (χ0n) is 18.7. The number of hydrazine groups is 1. The van der Waals surface area contributed by atoms with Gasteiger partial charge < -0.3 is 19.6 Å². The summed E-state index contributed by atoms with van der Waals surface area (Å²) in [4.78, 5) is 29.3. The summed E-state index contributed by atoms with van der Waals surface area (Å²) in [5.74, 6) is 0.804. The number of aliphatic hydroxyl groups is 1. The van der Waals surface area contributed by atoms with Crippen molar-refractivity contribution in [1.82, 2.24) is 20.2 Å². The van der Waals surface area contributed by atoms with Crippen LogP contribution >= 0.6 is 0 Å². The predicted octanol–water partition coefficient (Wildman–Crippen LogP) is 1.84. The number of nitrogens with one attached hydrogen (secondary N) is 1. The zero-order valence-corrected chi connectivity index (χ0v) is 18.7. The van der Waals surface area contributed by atoms with Gasteiger partial charge in [0.25, 0.3) is 0 Å². The van der Waals surface area contributed by atoms with Crippen LogP contribution in [-0.2, 0) is 4.79 Å². The highest BCUT2D eigenvalue weighted by molar-refractivity contribution is 5.76. The maximum atomic E-state index is 13.2. The van der Waals surface area contributed by atoms with E-state index >= 15 is 0 Å². The third kappa shape index (κ3) is 4.74. The highest BCUT2D eigenvalue weighted by atomic mass is 19.1. The Hall–Kier alpha value is -2.23. The molecule has 1 saturated carbocycles. The molecule has 2 saturated heterocycles. The molecule has 1 aromatic carbocycles. The second kappa shape index (κ2) is 9.72. The van der Waals surface area contributed by atoms with Gasteiger partial charge in [-0.3, -0.25) is 10.2 Å². The number of nitrogens with zero attached hydrogens (tertiary/aromatic N) is 3. The maximum Gasteiger partial charge on any atom is 0.415 e. The summed E-state index contributed by atoms with van der Waals surface area (Å²) < 4.78 is 18.8. The minimum atomic E-state index is -0.450. The summed E-state index contributed by atoms with van der Waals surface area (Å²) in [6, 6.07) is 5.18. The Bertz CT molecular complexity index is 823. The van der Waals surface area contributed by atoms with Crippen molar-refractivity contribution in [3.05, 3.63) is 30.1 Å². The molecular formula is C23H33FN4O4. The first-order valence-corrected chi connectivity index (χ1v) is 11.5. The van der Waals surface area contributed by atoms with Gasteiger partial charge in [-0.15, -0.1) is 0 Å². The Morgan fingerprint density at radius 2 is 1.91 bits per heavy atom. The molecule has 32 heavy (non-hydrogen) atoms. The van der Waals surface area contributed by atoms with Gasteiger partial charge in [0.15, 0.2) is 0 Å². The molecule has 2 aliphatic heterocycles. The summed E-state index contributed by atoms with van der Waals surface area (Å²) >= 11 is 0. The van der Waals surface area contributed by atoms with Crippen molar-refractivity contribution in [1.29, 1.82) is 0 Å². The van der Waals surface area contributed by atoms with Gasteiger partial charge in [-0.05, 0) is 62.3 Å². The second-order valence-electron chi connectivity index (χ2n) is 9.25. The molecule has 3 aliphatic rings. The van der Waals surface area contributed by atoms with Crippen LogP contribution in [0.5, 0.6) is 5.75 Å². The average Bonchev–Trinajstić information content (AvgIpc) is 3.23. The molecule has 0 spiro atoms. The lowest BCUT2D eigenvalue weighted by atomic mass is 9.73. The molecule has 2 N–H and O–H groups in total. The fraction of sp³-hybridized carbons (Fsp3) is 0.652. The highest BCUT2D eigenvalue weighted by Crippen LogP contribution is 2.39. The number of ether oxygens (including phenoxy) is 1. The van der Waals surface area contributed by atoms with E-state index in [1.54, 1.807) is 11.8 Å². The van der Waals surface area contributed by atoms with Gasteiger partial charge in [0.05, 0.1) is 18.7 Å². The standard InChI is InChI=1S/C23H33FN4O4/c1-15-13-27(23(31)32-20-6-4-19(24)5-7-20)22-11-17(3-8-21(22)28(15)16(2)30)18-12-25-26(14-18)9-10-29/h4-7,15,17-18,21-22,25,29H,3,8-14H2,1-2H3/t15-,17?,18?,21?,22?/m0/s1. The van der Waals surface area contributed by atoms with Crippen LogP contribution in [-0.4, -0.2) is 82.8 Å². The first-order valence-electron chi connectivity index (χ1n) is 11.5. The minimum Gasteiger partial charge on any atom is -0.410 e. The van der Waals surface area contributed by atoms with Crippen LogP contribution < -0.4 is 10.2 Å². The van der Waals surface area contributed by atoms with E-state index in [1.165, 1.54) is 24.3 Å². The summed E-state index contributed by atoms with van der Waals surface area (Å²) in [5, 5.41) is 11.3. The lowest BCUT2D eigenvalue weighted by Gasteiger charge is -2.54. The van der Waals surface area contributed by atoms with E-state index in [0.29, 0.717) is 30.7 Å². The number of fused-ring (bicyclic) bond motifs is 1. The van der Waals surface area contributed by atoms with Gasteiger partial charge >= 0.3 is 6.09 Å². The summed E-state index contributed by atoms with van der Waals surface area (Å²) in [6.45, 7) is 6.41. The topological polar surface area (TPSA) is 85.4 Å². The quantitative estimate of drug-likeness (QED) is 0.731. The molecule has 2 amide bonds. The first kappa shape index (κ1) is 22.9. The number of benzene rings is 1. The maximum absolute atomic E-state index is 13.2. The average molecular weight is 449 g/mol. The molecule has 176 valence electrons. The fourth-order valence-corrected chi connectivity index (χ4v) is 5.77. The lowest BCUT2D eigenvalue weighted by molar-refractivity contribution is -0.142. The Morgan fingerprint density at radius 3 is 2.59 bits per heavy atom. The van der Waals surface area contributed by atoms with Gasteiger partial charge in [0.1, 0.15) is 11.6 Å². The van der Waals surface area contributed by atoms with Crippen molar-refractivity contribution in [2.75, 3.05) is 32.8 Å². The van der Waals surface area contributed by atoms with Crippen molar-refractivity contribution in [2.24, 2.45) is 11.8 Å². The predicted molar refractivity (Wildman–Crippen MR) is 116 cm³/mol. The van der Waals surface area contributed by atoms with E-state index in [1.807, 2.05) is 11.8 Å². The summed E-state index contributed by atoms with van der Waals surface area (Å²) in [5.41, 5.74) is 3.36. The van der Waals surface area contributed by atoms with Gasteiger partial charge in [-0.1, -0.05) is 0 Å². The smallest absolute Gasteiger partial charge is 0.410 e. The van der Waals surface area contributed by atoms with E-state index < -0.39 is 6.09 Å². The number of aliphatic hydroxyl groups excluding tert-OH is 1. The van der Waals surface area contributed by atoms with E-state index in [-0.39, 0.29) is 36.5 Å². The van der Waals surface area contributed by atoms with Crippen LogP contribution in [0.4, 0.5) is 9.18 Å². The highest BCUT2D eigenvalue weighted by Gasteiger charge is 2.48. The third-order valence-electron chi connectivity index (χ3n) is 7.20. The van der Waals surface area contributed by atoms with Gasteiger partial charge in [-0.2, -0.15) is 0 Å². The van der Waals surface area contributed by atoms with Crippen molar-refractivity contribution in [3.8, 4) is 5.75 Å². The number of piperazine rings is 1. The first-order chi connectivity index (χ1) is 15.4. The third-order valence-corrected chi connectivity index (χ3v) is 7.20.